The number of carbonyl (C=O) groups is 2. The minimum atomic E-state index is -0.415. The van der Waals surface area contributed by atoms with Crippen molar-refractivity contribution in [2.75, 3.05) is 11.9 Å². The zero-order valence-electron chi connectivity index (χ0n) is 15.6. The van der Waals surface area contributed by atoms with Gasteiger partial charge in [0.05, 0.1) is 12.2 Å². The van der Waals surface area contributed by atoms with Crippen molar-refractivity contribution in [3.63, 3.8) is 0 Å². The minimum Gasteiger partial charge on any atom is -0.451 e. The summed E-state index contributed by atoms with van der Waals surface area (Å²) in [5.41, 5.74) is 1.26. The number of thiophene rings is 1. The predicted molar refractivity (Wildman–Crippen MR) is 104 cm³/mol. The van der Waals surface area contributed by atoms with Crippen molar-refractivity contribution >= 4 is 29.0 Å². The van der Waals surface area contributed by atoms with Crippen LogP contribution in [0.3, 0.4) is 0 Å². The number of nitrogens with one attached hydrogen (secondary N) is 1. The van der Waals surface area contributed by atoms with Gasteiger partial charge in [0.1, 0.15) is 10.7 Å². The molecule has 0 saturated heterocycles. The van der Waals surface area contributed by atoms with Crippen LogP contribution in [-0.4, -0.2) is 28.3 Å². The summed E-state index contributed by atoms with van der Waals surface area (Å²) in [4.78, 5) is 26.4. The smallest absolute Gasteiger partial charge is 0.348 e. The lowest BCUT2D eigenvalue weighted by molar-refractivity contribution is -0.119. The van der Waals surface area contributed by atoms with Crippen LogP contribution in [0.5, 0.6) is 0 Å². The van der Waals surface area contributed by atoms with Gasteiger partial charge in [-0.1, -0.05) is 19.8 Å². The normalized spacial score (nSPS) is 19.7. The summed E-state index contributed by atoms with van der Waals surface area (Å²) >= 11 is 1.50. The van der Waals surface area contributed by atoms with Crippen LogP contribution < -0.4 is 5.32 Å². The Kier molecular flexibility index (Phi) is 5.29. The molecule has 1 fully saturated rings. The number of aryl methyl sites for hydroxylation is 1. The molecule has 2 heterocycles. The van der Waals surface area contributed by atoms with E-state index in [-0.39, 0.29) is 12.5 Å². The first kappa shape index (κ1) is 18.2. The van der Waals surface area contributed by atoms with Crippen molar-refractivity contribution in [3.05, 3.63) is 33.6 Å². The Balaban J connectivity index is 1.32. The van der Waals surface area contributed by atoms with E-state index < -0.39 is 5.97 Å². The average Bonchev–Trinajstić information content (AvgIpc) is 3.38. The van der Waals surface area contributed by atoms with Crippen LogP contribution in [0, 0.1) is 5.92 Å². The zero-order chi connectivity index (χ0) is 18.8. The number of nitrogens with zero attached hydrogens (tertiary/aromatic N) is 2. The molecular formula is C20H25N3O3S. The number of esters is 1. The van der Waals surface area contributed by atoms with Gasteiger partial charge in [-0.15, -0.1) is 11.3 Å². The minimum absolute atomic E-state index is 0.284. The Morgan fingerprint density at radius 3 is 2.96 bits per heavy atom. The zero-order valence-corrected chi connectivity index (χ0v) is 16.4. The predicted octanol–water partition coefficient (Wildman–Crippen LogP) is 3.98. The number of anilines is 1. The van der Waals surface area contributed by atoms with Gasteiger partial charge in [0.25, 0.3) is 5.91 Å². The molecule has 2 aromatic rings. The van der Waals surface area contributed by atoms with Crippen molar-refractivity contribution < 1.29 is 14.3 Å². The molecule has 0 spiro atoms. The second kappa shape index (κ2) is 7.84. The van der Waals surface area contributed by atoms with E-state index >= 15 is 0 Å². The molecule has 1 N–H and O–H groups in total. The average molecular weight is 388 g/mol. The fourth-order valence-electron chi connectivity index (χ4n) is 4.04. The van der Waals surface area contributed by atoms with Crippen LogP contribution in [0.4, 0.5) is 5.82 Å². The van der Waals surface area contributed by atoms with Gasteiger partial charge in [-0.05, 0) is 49.7 Å². The summed E-state index contributed by atoms with van der Waals surface area (Å²) in [6.07, 6.45) is 9.46. The van der Waals surface area contributed by atoms with Crippen LogP contribution in [0.1, 0.15) is 65.2 Å². The maximum absolute atomic E-state index is 12.3. The van der Waals surface area contributed by atoms with Gasteiger partial charge in [0, 0.05) is 10.9 Å². The third-order valence-corrected chi connectivity index (χ3v) is 6.69. The lowest BCUT2D eigenvalue weighted by atomic mass is 9.90. The van der Waals surface area contributed by atoms with Gasteiger partial charge in [-0.2, -0.15) is 5.10 Å². The molecule has 2 aliphatic rings. The number of rotatable bonds is 5. The Bertz CT molecular complexity index is 835. The summed E-state index contributed by atoms with van der Waals surface area (Å²) in [5.74, 6) is 0.578. The Labute approximate surface area is 162 Å². The monoisotopic (exact) mass is 387 g/mol. The summed E-state index contributed by atoms with van der Waals surface area (Å²) < 4.78 is 7.11. The number of aromatic nitrogens is 2. The van der Waals surface area contributed by atoms with E-state index in [1.54, 1.807) is 12.3 Å². The third-order valence-electron chi connectivity index (χ3n) is 5.47. The van der Waals surface area contributed by atoms with Crippen molar-refractivity contribution in [1.82, 2.24) is 9.78 Å². The number of fused-ring (bicyclic) bond motifs is 1. The van der Waals surface area contributed by atoms with E-state index in [9.17, 15) is 9.59 Å². The largest absolute Gasteiger partial charge is 0.451 e. The summed E-state index contributed by atoms with van der Waals surface area (Å²) in [5, 5.41) is 7.15. The van der Waals surface area contributed by atoms with Crippen molar-refractivity contribution in [2.45, 2.75) is 57.9 Å². The van der Waals surface area contributed by atoms with Crippen LogP contribution in [0.15, 0.2) is 18.3 Å². The van der Waals surface area contributed by atoms with E-state index in [4.69, 9.17) is 4.74 Å². The SMILES string of the molecule is C[C@@H]1CCc2sc(C(=O)OCC(=O)Nc3ccnn3C3CCCC3)cc2C1. The fourth-order valence-corrected chi connectivity index (χ4v) is 5.14. The van der Waals surface area contributed by atoms with Gasteiger partial charge in [0.2, 0.25) is 0 Å². The van der Waals surface area contributed by atoms with E-state index in [2.05, 4.69) is 17.3 Å². The number of ether oxygens (including phenoxy) is 1. The van der Waals surface area contributed by atoms with Crippen molar-refractivity contribution in [3.8, 4) is 0 Å². The first-order valence-corrected chi connectivity index (χ1v) is 10.5. The highest BCUT2D eigenvalue weighted by molar-refractivity contribution is 7.14. The van der Waals surface area contributed by atoms with E-state index in [0.29, 0.717) is 22.7 Å². The lowest BCUT2D eigenvalue weighted by Crippen LogP contribution is -2.23. The molecule has 144 valence electrons. The van der Waals surface area contributed by atoms with Gasteiger partial charge in [-0.3, -0.25) is 4.79 Å². The molecule has 27 heavy (non-hydrogen) atoms. The van der Waals surface area contributed by atoms with Gasteiger partial charge >= 0.3 is 5.97 Å². The first-order chi connectivity index (χ1) is 13.1. The Morgan fingerprint density at radius 1 is 1.33 bits per heavy atom. The number of carbonyl (C=O) groups excluding carboxylic acids is 2. The summed E-state index contributed by atoms with van der Waals surface area (Å²) in [6.45, 7) is 1.95. The van der Waals surface area contributed by atoms with E-state index in [1.165, 1.54) is 41.0 Å². The molecule has 4 rings (SSSR count). The van der Waals surface area contributed by atoms with Crippen molar-refractivity contribution in [1.29, 1.82) is 0 Å². The van der Waals surface area contributed by atoms with Gasteiger partial charge in [-0.25, -0.2) is 9.48 Å². The standard InChI is InChI=1S/C20H25N3O3S/c1-13-6-7-16-14(10-13)11-17(27-16)20(25)26-12-19(24)22-18-8-9-21-23(18)15-4-2-3-5-15/h8-9,11,13,15H,2-7,10,12H2,1H3,(H,22,24)/t13-/m1/s1. The molecular weight excluding hydrogens is 362 g/mol. The molecule has 0 bridgehead atoms. The molecule has 2 aliphatic carbocycles. The van der Waals surface area contributed by atoms with Crippen LogP contribution in [-0.2, 0) is 22.4 Å². The molecule has 1 amide bonds. The summed E-state index contributed by atoms with van der Waals surface area (Å²) in [7, 11) is 0. The lowest BCUT2D eigenvalue weighted by Gasteiger charge is -2.16. The molecule has 0 unspecified atom stereocenters. The second-order valence-corrected chi connectivity index (χ2v) is 8.77. The van der Waals surface area contributed by atoms with Crippen LogP contribution in [0.25, 0.3) is 0 Å². The Hall–Kier alpha value is -2.15. The Morgan fingerprint density at radius 2 is 2.15 bits per heavy atom. The molecule has 0 aromatic carbocycles. The topological polar surface area (TPSA) is 73.2 Å². The second-order valence-electron chi connectivity index (χ2n) is 7.63. The fraction of sp³-hybridized carbons (Fsp3) is 0.550. The van der Waals surface area contributed by atoms with E-state index in [0.717, 1.165) is 25.7 Å². The molecule has 1 atom stereocenters. The maximum Gasteiger partial charge on any atom is 0.348 e. The molecule has 1 saturated carbocycles. The maximum atomic E-state index is 12.3. The number of hydrogen-bond donors (Lipinski definition) is 1. The van der Waals surface area contributed by atoms with Crippen molar-refractivity contribution in [2.24, 2.45) is 5.92 Å². The summed E-state index contributed by atoms with van der Waals surface area (Å²) in [6, 6.07) is 4.06. The molecule has 6 nitrogen and oxygen atoms in total. The number of hydrogen-bond acceptors (Lipinski definition) is 5. The molecule has 7 heteroatoms. The highest BCUT2D eigenvalue weighted by Gasteiger charge is 2.23. The third kappa shape index (κ3) is 4.08. The van der Waals surface area contributed by atoms with E-state index in [1.807, 2.05) is 10.7 Å². The molecule has 0 radical (unpaired) electrons. The van der Waals surface area contributed by atoms with Gasteiger partial charge in [0.15, 0.2) is 6.61 Å². The first-order valence-electron chi connectivity index (χ1n) is 9.72. The molecule has 0 aliphatic heterocycles. The highest BCUT2D eigenvalue weighted by atomic mass is 32.1. The van der Waals surface area contributed by atoms with Gasteiger partial charge < -0.3 is 10.1 Å². The quantitative estimate of drug-likeness (QED) is 0.788. The highest BCUT2D eigenvalue weighted by Crippen LogP contribution is 2.33. The van der Waals surface area contributed by atoms with Crippen LogP contribution in [0.2, 0.25) is 0 Å². The molecule has 2 aromatic heterocycles. The number of amides is 1. The van der Waals surface area contributed by atoms with Crippen LogP contribution >= 0.6 is 11.3 Å².